The van der Waals surface area contributed by atoms with Gasteiger partial charge < -0.3 is 5.11 Å². The highest BCUT2D eigenvalue weighted by Crippen LogP contribution is 2.44. The summed E-state index contributed by atoms with van der Waals surface area (Å²) in [6, 6.07) is 10.7. The van der Waals surface area contributed by atoms with Gasteiger partial charge in [-0.3, -0.25) is 0 Å². The van der Waals surface area contributed by atoms with Crippen molar-refractivity contribution in [1.82, 2.24) is 0 Å². The zero-order valence-corrected chi connectivity index (χ0v) is 21.7. The minimum Gasteiger partial charge on any atom is -0.478 e. The number of aromatic carboxylic acids is 1. The van der Waals surface area contributed by atoms with Crippen LogP contribution in [0.1, 0.15) is 116 Å². The largest absolute Gasteiger partial charge is 0.478 e. The molecule has 2 aromatic carbocycles. The second-order valence-electron chi connectivity index (χ2n) is 13.0. The molecule has 0 bridgehead atoms. The number of hydrogen-bond acceptors (Lipinski definition) is 1. The van der Waals surface area contributed by atoms with Crippen molar-refractivity contribution in [3.63, 3.8) is 0 Å². The average molecular weight is 423 g/mol. The van der Waals surface area contributed by atoms with Crippen LogP contribution in [0.3, 0.4) is 0 Å². The molecule has 2 heteroatoms. The number of carboxylic acid groups (broad SMARTS) is 1. The molecule has 0 amide bonds. The minimum atomic E-state index is -0.869. The molecule has 0 unspecified atom stereocenters. The first-order valence-electron chi connectivity index (χ1n) is 11.3. The predicted molar refractivity (Wildman–Crippen MR) is 134 cm³/mol. The first-order chi connectivity index (χ1) is 13.7. The summed E-state index contributed by atoms with van der Waals surface area (Å²) in [4.78, 5) is 12.5. The van der Waals surface area contributed by atoms with E-state index in [0.29, 0.717) is 5.56 Å². The summed E-state index contributed by atoms with van der Waals surface area (Å²) in [6.07, 6.45) is 0. The molecule has 1 N–H and O–H groups in total. The molecule has 31 heavy (non-hydrogen) atoms. The summed E-state index contributed by atoms with van der Waals surface area (Å²) in [5.41, 5.74) is 6.46. The monoisotopic (exact) mass is 422 g/mol. The Bertz CT molecular complexity index is 982. The van der Waals surface area contributed by atoms with E-state index >= 15 is 0 Å². The van der Waals surface area contributed by atoms with Gasteiger partial charge in [-0.1, -0.05) is 107 Å². The molecule has 0 fully saturated rings. The maximum atomic E-state index is 12.5. The van der Waals surface area contributed by atoms with E-state index in [0.717, 1.165) is 22.3 Å². The van der Waals surface area contributed by atoms with Crippen LogP contribution in [0.15, 0.2) is 30.3 Å². The van der Waals surface area contributed by atoms with Crippen LogP contribution in [0.5, 0.6) is 0 Å². The third-order valence-electron chi connectivity index (χ3n) is 6.01. The SMILES string of the molecule is CC(C)(C)c1ccc(-c2c(C(=O)O)cc(C(C)(C)C)cc2C(C)(C)C)c(C(C)(C)C)c1. The smallest absolute Gasteiger partial charge is 0.336 e. The van der Waals surface area contributed by atoms with Gasteiger partial charge in [0.15, 0.2) is 0 Å². The summed E-state index contributed by atoms with van der Waals surface area (Å²) in [6.45, 7) is 26.2. The van der Waals surface area contributed by atoms with E-state index in [2.05, 4.69) is 107 Å². The Labute approximate surface area is 190 Å². The van der Waals surface area contributed by atoms with E-state index in [1.54, 1.807) is 0 Å². The molecule has 0 aliphatic rings. The maximum Gasteiger partial charge on any atom is 0.336 e. The van der Waals surface area contributed by atoms with Crippen LogP contribution in [0.4, 0.5) is 0 Å². The Morgan fingerprint density at radius 2 is 1.06 bits per heavy atom. The first-order valence-corrected chi connectivity index (χ1v) is 11.3. The van der Waals surface area contributed by atoms with Gasteiger partial charge in [0, 0.05) is 5.56 Å². The van der Waals surface area contributed by atoms with E-state index in [4.69, 9.17) is 0 Å². The van der Waals surface area contributed by atoms with Gasteiger partial charge in [-0.15, -0.1) is 0 Å². The fraction of sp³-hybridized carbons (Fsp3) is 0.552. The van der Waals surface area contributed by atoms with Crippen LogP contribution in [0.2, 0.25) is 0 Å². The van der Waals surface area contributed by atoms with Crippen molar-refractivity contribution < 1.29 is 9.90 Å². The number of hydrogen-bond donors (Lipinski definition) is 1. The van der Waals surface area contributed by atoms with Gasteiger partial charge >= 0.3 is 5.97 Å². The van der Waals surface area contributed by atoms with Crippen LogP contribution in [-0.2, 0) is 21.7 Å². The van der Waals surface area contributed by atoms with Gasteiger partial charge in [-0.2, -0.15) is 0 Å². The van der Waals surface area contributed by atoms with Crippen molar-refractivity contribution in [2.24, 2.45) is 0 Å². The lowest BCUT2D eigenvalue weighted by Gasteiger charge is -2.32. The number of benzene rings is 2. The Kier molecular flexibility index (Phi) is 6.33. The Hall–Kier alpha value is -2.09. The zero-order valence-electron chi connectivity index (χ0n) is 21.7. The van der Waals surface area contributed by atoms with Crippen molar-refractivity contribution in [2.45, 2.75) is 105 Å². The fourth-order valence-corrected chi connectivity index (χ4v) is 3.97. The second-order valence-corrected chi connectivity index (χ2v) is 13.0. The molecule has 0 heterocycles. The van der Waals surface area contributed by atoms with Crippen LogP contribution < -0.4 is 0 Å². The summed E-state index contributed by atoms with van der Waals surface area (Å²) >= 11 is 0. The topological polar surface area (TPSA) is 37.3 Å². The molecule has 2 nitrogen and oxygen atoms in total. The Morgan fingerprint density at radius 1 is 0.613 bits per heavy atom. The normalized spacial score (nSPS) is 13.4. The van der Waals surface area contributed by atoms with Crippen LogP contribution in [0.25, 0.3) is 11.1 Å². The van der Waals surface area contributed by atoms with E-state index in [1.165, 1.54) is 11.1 Å². The number of carboxylic acids is 1. The molecule has 0 saturated carbocycles. The molecular weight excluding hydrogens is 380 g/mol. The lowest BCUT2D eigenvalue weighted by molar-refractivity contribution is 0.0697. The van der Waals surface area contributed by atoms with E-state index in [1.807, 2.05) is 6.07 Å². The van der Waals surface area contributed by atoms with Crippen LogP contribution >= 0.6 is 0 Å². The maximum absolute atomic E-state index is 12.5. The molecule has 0 spiro atoms. The summed E-state index contributed by atoms with van der Waals surface area (Å²) in [5.74, 6) is -0.869. The summed E-state index contributed by atoms with van der Waals surface area (Å²) < 4.78 is 0. The third kappa shape index (κ3) is 5.40. The van der Waals surface area contributed by atoms with Crippen molar-refractivity contribution in [1.29, 1.82) is 0 Å². The van der Waals surface area contributed by atoms with Crippen LogP contribution in [-0.4, -0.2) is 11.1 Å². The van der Waals surface area contributed by atoms with Gasteiger partial charge in [0.25, 0.3) is 0 Å². The molecule has 2 aromatic rings. The van der Waals surface area contributed by atoms with Gasteiger partial charge in [-0.25, -0.2) is 4.79 Å². The number of carbonyl (C=O) groups is 1. The van der Waals surface area contributed by atoms with Gasteiger partial charge in [0.1, 0.15) is 0 Å². The van der Waals surface area contributed by atoms with E-state index < -0.39 is 5.97 Å². The molecule has 0 aromatic heterocycles. The molecule has 2 rings (SSSR count). The molecule has 170 valence electrons. The van der Waals surface area contributed by atoms with Gasteiger partial charge in [0.2, 0.25) is 0 Å². The molecule has 0 aliphatic carbocycles. The van der Waals surface area contributed by atoms with Crippen molar-refractivity contribution in [3.8, 4) is 11.1 Å². The molecule has 0 atom stereocenters. The fourth-order valence-electron chi connectivity index (χ4n) is 3.97. The highest BCUT2D eigenvalue weighted by molar-refractivity contribution is 5.98. The highest BCUT2D eigenvalue weighted by atomic mass is 16.4. The third-order valence-corrected chi connectivity index (χ3v) is 6.01. The van der Waals surface area contributed by atoms with Crippen molar-refractivity contribution >= 4 is 5.97 Å². The first kappa shape index (κ1) is 25.2. The van der Waals surface area contributed by atoms with Crippen molar-refractivity contribution in [3.05, 3.63) is 58.1 Å². The highest BCUT2D eigenvalue weighted by Gasteiger charge is 2.31. The van der Waals surface area contributed by atoms with Gasteiger partial charge in [0.05, 0.1) is 5.56 Å². The average Bonchev–Trinajstić information content (AvgIpc) is 2.56. The Balaban J connectivity index is 3.07. The predicted octanol–water partition coefficient (Wildman–Crippen LogP) is 8.24. The standard InChI is InChI=1S/C29H42O2/c1-26(2,3)18-13-14-20(22(16-18)28(7,8)9)24-21(25(30)31)15-19(27(4,5)6)17-23(24)29(10,11)12/h13-17H,1-12H3,(H,30,31). The molecule has 0 aliphatic heterocycles. The summed E-state index contributed by atoms with van der Waals surface area (Å²) in [7, 11) is 0. The molecular formula is C29H42O2. The quantitative estimate of drug-likeness (QED) is 0.529. The molecule has 0 radical (unpaired) electrons. The van der Waals surface area contributed by atoms with E-state index in [9.17, 15) is 9.90 Å². The number of rotatable bonds is 2. The van der Waals surface area contributed by atoms with Gasteiger partial charge in [-0.05, 0) is 55.5 Å². The second kappa shape index (κ2) is 7.80. The van der Waals surface area contributed by atoms with E-state index in [-0.39, 0.29) is 21.7 Å². The zero-order chi connectivity index (χ0) is 24.2. The van der Waals surface area contributed by atoms with Crippen molar-refractivity contribution in [2.75, 3.05) is 0 Å². The lowest BCUT2D eigenvalue weighted by Crippen LogP contribution is -2.22. The van der Waals surface area contributed by atoms with Crippen LogP contribution in [0, 0.1) is 0 Å². The summed E-state index contributed by atoms with van der Waals surface area (Å²) in [5, 5.41) is 10.3. The molecule has 0 saturated heterocycles. The minimum absolute atomic E-state index is 0.0249. The lowest BCUT2D eigenvalue weighted by atomic mass is 9.71. The Morgan fingerprint density at radius 3 is 1.45 bits per heavy atom.